The van der Waals surface area contributed by atoms with Gasteiger partial charge in [-0.25, -0.2) is 4.39 Å². The Balaban J connectivity index is 2.01. The summed E-state index contributed by atoms with van der Waals surface area (Å²) in [4.78, 5) is 12.0. The van der Waals surface area contributed by atoms with Crippen LogP contribution in [-0.2, 0) is 0 Å². The van der Waals surface area contributed by atoms with E-state index in [4.69, 9.17) is 0 Å². The van der Waals surface area contributed by atoms with Crippen LogP contribution >= 0.6 is 0 Å². The molecule has 1 N–H and O–H groups in total. The van der Waals surface area contributed by atoms with Gasteiger partial charge in [0.1, 0.15) is 5.82 Å². The average Bonchev–Trinajstić information content (AvgIpc) is 2.48. The summed E-state index contributed by atoms with van der Waals surface area (Å²) in [7, 11) is 0. The first kappa shape index (κ1) is 14.3. The van der Waals surface area contributed by atoms with Gasteiger partial charge in [-0.15, -0.1) is 0 Å². The topological polar surface area (TPSA) is 29.1 Å². The highest BCUT2D eigenvalue weighted by molar-refractivity contribution is 5.94. The smallest absolute Gasteiger partial charge is 0.254 e. The zero-order valence-corrected chi connectivity index (χ0v) is 11.7. The van der Waals surface area contributed by atoms with Gasteiger partial charge >= 0.3 is 0 Å². The highest BCUT2D eigenvalue weighted by Crippen LogP contribution is 2.15. The molecule has 1 amide bonds. The summed E-state index contributed by atoms with van der Waals surface area (Å²) in [6, 6.07) is 14.8. The number of hydrogen-bond donors (Lipinski definition) is 1. The molecule has 3 heteroatoms. The van der Waals surface area contributed by atoms with Crippen molar-refractivity contribution in [3.8, 4) is 0 Å². The van der Waals surface area contributed by atoms with Gasteiger partial charge in [0.15, 0.2) is 0 Å². The van der Waals surface area contributed by atoms with Crippen molar-refractivity contribution >= 4 is 5.91 Å². The lowest BCUT2D eigenvalue weighted by Gasteiger charge is -2.13. The van der Waals surface area contributed by atoms with E-state index < -0.39 is 5.82 Å². The van der Waals surface area contributed by atoms with Crippen molar-refractivity contribution in [2.75, 3.05) is 6.54 Å². The van der Waals surface area contributed by atoms with E-state index in [0.717, 1.165) is 5.56 Å². The van der Waals surface area contributed by atoms with Crippen molar-refractivity contribution in [3.63, 3.8) is 0 Å². The minimum Gasteiger partial charge on any atom is -0.351 e. The third-order valence-electron chi connectivity index (χ3n) is 3.37. The Hall–Kier alpha value is -2.16. The molecule has 1 unspecified atom stereocenters. The first-order valence-electron chi connectivity index (χ1n) is 6.68. The standard InChI is InChI=1S/C17H18FNO/c1-12-7-6-10-15(16(12)18)17(20)19-11-13(2)14-8-4-3-5-9-14/h3-10,13H,11H2,1-2H3,(H,19,20). The molecule has 2 aromatic rings. The van der Waals surface area contributed by atoms with Crippen molar-refractivity contribution in [3.05, 3.63) is 71.0 Å². The van der Waals surface area contributed by atoms with Gasteiger partial charge in [-0.2, -0.15) is 0 Å². The molecule has 2 nitrogen and oxygen atoms in total. The summed E-state index contributed by atoms with van der Waals surface area (Å²) in [5.41, 5.74) is 1.73. The molecule has 20 heavy (non-hydrogen) atoms. The van der Waals surface area contributed by atoms with Crippen LogP contribution in [0.4, 0.5) is 4.39 Å². The van der Waals surface area contributed by atoms with E-state index in [1.807, 2.05) is 37.3 Å². The van der Waals surface area contributed by atoms with E-state index in [9.17, 15) is 9.18 Å². The molecule has 0 aliphatic carbocycles. The van der Waals surface area contributed by atoms with Crippen molar-refractivity contribution in [2.24, 2.45) is 0 Å². The normalized spacial score (nSPS) is 11.9. The maximum atomic E-state index is 13.8. The van der Waals surface area contributed by atoms with Crippen LogP contribution in [0.3, 0.4) is 0 Å². The van der Waals surface area contributed by atoms with Crippen LogP contribution in [0.25, 0.3) is 0 Å². The molecule has 1 atom stereocenters. The van der Waals surface area contributed by atoms with Gasteiger partial charge in [0.05, 0.1) is 5.56 Å². The van der Waals surface area contributed by atoms with Crippen LogP contribution in [0, 0.1) is 12.7 Å². The predicted octanol–water partition coefficient (Wildman–Crippen LogP) is 3.67. The number of halogens is 1. The molecule has 0 aromatic heterocycles. The van der Waals surface area contributed by atoms with Crippen LogP contribution in [0.15, 0.2) is 48.5 Å². The van der Waals surface area contributed by atoms with Crippen molar-refractivity contribution in [1.29, 1.82) is 0 Å². The van der Waals surface area contributed by atoms with Gasteiger partial charge in [0, 0.05) is 6.54 Å². The summed E-state index contributed by atoms with van der Waals surface area (Å²) in [6.45, 7) is 4.16. The number of aryl methyl sites for hydroxylation is 1. The molecule has 0 aliphatic rings. The number of carbonyl (C=O) groups excluding carboxylic acids is 1. The van der Waals surface area contributed by atoms with Crippen LogP contribution in [0.5, 0.6) is 0 Å². The Morgan fingerprint density at radius 3 is 2.55 bits per heavy atom. The van der Waals surface area contributed by atoms with Crippen molar-refractivity contribution in [2.45, 2.75) is 19.8 Å². The molecule has 0 heterocycles. The van der Waals surface area contributed by atoms with E-state index in [0.29, 0.717) is 12.1 Å². The fourth-order valence-corrected chi connectivity index (χ4v) is 2.06. The molecule has 0 aliphatic heterocycles. The number of nitrogens with one attached hydrogen (secondary N) is 1. The molecule has 0 radical (unpaired) electrons. The SMILES string of the molecule is Cc1cccc(C(=O)NCC(C)c2ccccc2)c1F. The molecule has 0 bridgehead atoms. The lowest BCUT2D eigenvalue weighted by molar-refractivity contribution is 0.0947. The highest BCUT2D eigenvalue weighted by atomic mass is 19.1. The number of benzene rings is 2. The van der Waals surface area contributed by atoms with Crippen LogP contribution in [-0.4, -0.2) is 12.5 Å². The molecular formula is C17H18FNO. The minimum absolute atomic E-state index is 0.102. The molecule has 0 fully saturated rings. The van der Waals surface area contributed by atoms with Gasteiger partial charge in [0.25, 0.3) is 5.91 Å². The van der Waals surface area contributed by atoms with Gasteiger partial charge in [-0.3, -0.25) is 4.79 Å². The first-order valence-corrected chi connectivity index (χ1v) is 6.68. The summed E-state index contributed by atoms with van der Waals surface area (Å²) in [5, 5.41) is 2.79. The molecule has 2 rings (SSSR count). The Kier molecular flexibility index (Phi) is 4.51. The van der Waals surface area contributed by atoms with Crippen molar-refractivity contribution in [1.82, 2.24) is 5.32 Å². The molecule has 104 valence electrons. The summed E-state index contributed by atoms with van der Waals surface area (Å²) >= 11 is 0. The minimum atomic E-state index is -0.447. The third kappa shape index (κ3) is 3.23. The highest BCUT2D eigenvalue weighted by Gasteiger charge is 2.14. The summed E-state index contributed by atoms with van der Waals surface area (Å²) in [5.74, 6) is -0.626. The lowest BCUT2D eigenvalue weighted by Crippen LogP contribution is -2.28. The molecule has 0 saturated carbocycles. The Bertz CT molecular complexity index is 595. The second-order valence-corrected chi connectivity index (χ2v) is 4.96. The Morgan fingerprint density at radius 2 is 1.85 bits per heavy atom. The average molecular weight is 271 g/mol. The largest absolute Gasteiger partial charge is 0.351 e. The molecule has 0 saturated heterocycles. The maximum absolute atomic E-state index is 13.8. The Labute approximate surface area is 118 Å². The third-order valence-corrected chi connectivity index (χ3v) is 3.37. The maximum Gasteiger partial charge on any atom is 0.254 e. The summed E-state index contributed by atoms with van der Waals surface area (Å²) < 4.78 is 13.8. The van der Waals surface area contributed by atoms with Gasteiger partial charge in [-0.05, 0) is 30.0 Å². The lowest BCUT2D eigenvalue weighted by atomic mass is 10.0. The van der Waals surface area contributed by atoms with E-state index in [1.54, 1.807) is 19.1 Å². The fourth-order valence-electron chi connectivity index (χ4n) is 2.06. The van der Waals surface area contributed by atoms with Gasteiger partial charge in [-0.1, -0.05) is 49.4 Å². The number of rotatable bonds is 4. The quantitative estimate of drug-likeness (QED) is 0.903. The van der Waals surface area contributed by atoms with Crippen LogP contribution < -0.4 is 5.32 Å². The first-order chi connectivity index (χ1) is 9.59. The second-order valence-electron chi connectivity index (χ2n) is 4.96. The molecular weight excluding hydrogens is 253 g/mol. The fraction of sp³-hybridized carbons (Fsp3) is 0.235. The van der Waals surface area contributed by atoms with Gasteiger partial charge < -0.3 is 5.32 Å². The Morgan fingerprint density at radius 1 is 1.15 bits per heavy atom. The zero-order chi connectivity index (χ0) is 14.5. The number of hydrogen-bond acceptors (Lipinski definition) is 1. The number of carbonyl (C=O) groups is 1. The van der Waals surface area contributed by atoms with Crippen LogP contribution in [0.1, 0.15) is 34.3 Å². The van der Waals surface area contributed by atoms with Gasteiger partial charge in [0.2, 0.25) is 0 Å². The van der Waals surface area contributed by atoms with E-state index in [-0.39, 0.29) is 17.4 Å². The van der Waals surface area contributed by atoms with E-state index >= 15 is 0 Å². The molecule has 0 spiro atoms. The molecule has 2 aromatic carbocycles. The zero-order valence-electron chi connectivity index (χ0n) is 11.7. The second kappa shape index (κ2) is 6.33. The monoisotopic (exact) mass is 271 g/mol. The van der Waals surface area contributed by atoms with Crippen LogP contribution in [0.2, 0.25) is 0 Å². The van der Waals surface area contributed by atoms with E-state index in [1.165, 1.54) is 6.07 Å². The summed E-state index contributed by atoms with van der Waals surface area (Å²) in [6.07, 6.45) is 0. The number of amides is 1. The predicted molar refractivity (Wildman–Crippen MR) is 78.3 cm³/mol. The van der Waals surface area contributed by atoms with Crippen molar-refractivity contribution < 1.29 is 9.18 Å². The van der Waals surface area contributed by atoms with E-state index in [2.05, 4.69) is 5.32 Å².